The van der Waals surface area contributed by atoms with Gasteiger partial charge in [0.05, 0.1) is 18.9 Å². The van der Waals surface area contributed by atoms with Crippen LogP contribution in [-0.4, -0.2) is 32.4 Å². The van der Waals surface area contributed by atoms with Gasteiger partial charge < -0.3 is 20.6 Å². The maximum absolute atomic E-state index is 10.1. The first-order valence-electron chi connectivity index (χ1n) is 6.75. The van der Waals surface area contributed by atoms with Crippen molar-refractivity contribution < 1.29 is 15.3 Å². The Kier molecular flexibility index (Phi) is 4.39. The number of nitrogens with one attached hydrogen (secondary N) is 1. The molecule has 19 heavy (non-hydrogen) atoms. The highest BCUT2D eigenvalue weighted by Crippen LogP contribution is 2.31. The molecule has 1 aromatic rings. The van der Waals surface area contributed by atoms with Crippen LogP contribution < -0.4 is 5.32 Å². The average molecular weight is 266 g/mol. The molecule has 0 radical (unpaired) electrons. The molecule has 0 saturated heterocycles. The lowest BCUT2D eigenvalue weighted by atomic mass is 9.97. The normalized spacial score (nSPS) is 17.8. The number of hydrogen-bond acceptors (Lipinski definition) is 5. The number of aliphatic hydroxyl groups excluding tert-OH is 2. The Labute approximate surface area is 113 Å². The van der Waals surface area contributed by atoms with Crippen LogP contribution in [0.15, 0.2) is 6.20 Å². The van der Waals surface area contributed by atoms with Crippen molar-refractivity contribution in [1.29, 1.82) is 0 Å². The van der Waals surface area contributed by atoms with Crippen molar-refractivity contribution in [1.82, 2.24) is 10.3 Å². The van der Waals surface area contributed by atoms with Crippen LogP contribution in [0.2, 0.25) is 0 Å². The molecule has 1 heterocycles. The van der Waals surface area contributed by atoms with Gasteiger partial charge in [-0.2, -0.15) is 0 Å². The van der Waals surface area contributed by atoms with Crippen LogP contribution >= 0.6 is 0 Å². The summed E-state index contributed by atoms with van der Waals surface area (Å²) in [7, 11) is 0. The average Bonchev–Trinajstić information content (AvgIpc) is 2.90. The zero-order chi connectivity index (χ0) is 13.9. The first-order valence-corrected chi connectivity index (χ1v) is 6.75. The lowest BCUT2D eigenvalue weighted by Crippen LogP contribution is -2.45. The highest BCUT2D eigenvalue weighted by Gasteiger charge is 2.32. The SMILES string of the molecule is Cc1ncc(CO)c(CNC2(CO)CCCC2)c1O. The van der Waals surface area contributed by atoms with Gasteiger partial charge in [-0.15, -0.1) is 0 Å². The van der Waals surface area contributed by atoms with E-state index in [0.29, 0.717) is 23.4 Å². The van der Waals surface area contributed by atoms with E-state index in [4.69, 9.17) is 0 Å². The Bertz CT molecular complexity index is 443. The van der Waals surface area contributed by atoms with E-state index in [2.05, 4.69) is 10.3 Å². The third-order valence-corrected chi connectivity index (χ3v) is 4.10. The van der Waals surface area contributed by atoms with E-state index in [-0.39, 0.29) is 24.5 Å². The van der Waals surface area contributed by atoms with E-state index in [0.717, 1.165) is 25.7 Å². The lowest BCUT2D eigenvalue weighted by Gasteiger charge is -2.28. The van der Waals surface area contributed by atoms with Gasteiger partial charge in [0.25, 0.3) is 0 Å². The Hall–Kier alpha value is -1.17. The Morgan fingerprint density at radius 1 is 1.32 bits per heavy atom. The van der Waals surface area contributed by atoms with Crippen LogP contribution in [0.4, 0.5) is 0 Å². The summed E-state index contributed by atoms with van der Waals surface area (Å²) in [6.07, 6.45) is 5.71. The van der Waals surface area contributed by atoms with E-state index < -0.39 is 0 Å². The number of nitrogens with zero attached hydrogens (tertiary/aromatic N) is 1. The Morgan fingerprint density at radius 3 is 2.58 bits per heavy atom. The third-order valence-electron chi connectivity index (χ3n) is 4.10. The van der Waals surface area contributed by atoms with Gasteiger partial charge in [0.1, 0.15) is 5.75 Å². The lowest BCUT2D eigenvalue weighted by molar-refractivity contribution is 0.162. The molecular weight excluding hydrogens is 244 g/mol. The van der Waals surface area contributed by atoms with E-state index in [9.17, 15) is 15.3 Å². The molecule has 0 unspecified atom stereocenters. The van der Waals surface area contributed by atoms with Gasteiger partial charge in [-0.1, -0.05) is 12.8 Å². The van der Waals surface area contributed by atoms with Crippen molar-refractivity contribution in [3.8, 4) is 5.75 Å². The first-order chi connectivity index (χ1) is 9.12. The van der Waals surface area contributed by atoms with Crippen molar-refractivity contribution in [3.05, 3.63) is 23.0 Å². The second-order valence-electron chi connectivity index (χ2n) is 5.35. The zero-order valence-electron chi connectivity index (χ0n) is 11.3. The van der Waals surface area contributed by atoms with E-state index in [1.165, 1.54) is 0 Å². The largest absolute Gasteiger partial charge is 0.506 e. The van der Waals surface area contributed by atoms with Crippen LogP contribution in [0.25, 0.3) is 0 Å². The van der Waals surface area contributed by atoms with Crippen LogP contribution in [0.1, 0.15) is 42.5 Å². The number of hydrogen-bond donors (Lipinski definition) is 4. The van der Waals surface area contributed by atoms with Gasteiger partial charge in [0, 0.05) is 29.4 Å². The molecule has 0 spiro atoms. The fourth-order valence-electron chi connectivity index (χ4n) is 2.74. The quantitative estimate of drug-likeness (QED) is 0.638. The van der Waals surface area contributed by atoms with Crippen molar-refractivity contribution in [3.63, 3.8) is 0 Å². The molecule has 1 aliphatic carbocycles. The first kappa shape index (κ1) is 14.2. The number of aliphatic hydroxyl groups is 2. The van der Waals surface area contributed by atoms with Crippen molar-refractivity contribution in [2.45, 2.75) is 51.3 Å². The summed E-state index contributed by atoms with van der Waals surface area (Å²) < 4.78 is 0. The van der Waals surface area contributed by atoms with Gasteiger partial charge in [0.2, 0.25) is 0 Å². The maximum Gasteiger partial charge on any atom is 0.141 e. The van der Waals surface area contributed by atoms with Crippen LogP contribution in [-0.2, 0) is 13.2 Å². The molecule has 0 amide bonds. The number of aryl methyl sites for hydroxylation is 1. The molecule has 5 nitrogen and oxygen atoms in total. The number of aromatic hydroxyl groups is 1. The molecule has 1 aromatic heterocycles. The van der Waals surface area contributed by atoms with Crippen molar-refractivity contribution in [2.75, 3.05) is 6.61 Å². The van der Waals surface area contributed by atoms with Gasteiger partial charge in [-0.3, -0.25) is 4.98 Å². The summed E-state index contributed by atoms with van der Waals surface area (Å²) in [5.74, 6) is 0.130. The molecule has 0 bridgehead atoms. The second kappa shape index (κ2) is 5.86. The third kappa shape index (κ3) is 2.88. The summed E-state index contributed by atoms with van der Waals surface area (Å²) in [6.45, 7) is 2.12. The monoisotopic (exact) mass is 266 g/mol. The fourth-order valence-corrected chi connectivity index (χ4v) is 2.74. The maximum atomic E-state index is 10.1. The summed E-state index contributed by atoms with van der Waals surface area (Å²) >= 11 is 0. The minimum absolute atomic E-state index is 0.103. The molecule has 0 aromatic carbocycles. The Morgan fingerprint density at radius 2 is 2.00 bits per heavy atom. The van der Waals surface area contributed by atoms with Crippen LogP contribution in [0.3, 0.4) is 0 Å². The molecule has 2 rings (SSSR count). The molecule has 5 heteroatoms. The van der Waals surface area contributed by atoms with E-state index in [1.807, 2.05) is 0 Å². The van der Waals surface area contributed by atoms with Crippen molar-refractivity contribution >= 4 is 0 Å². The van der Waals surface area contributed by atoms with Gasteiger partial charge in [-0.05, 0) is 19.8 Å². The van der Waals surface area contributed by atoms with Gasteiger partial charge in [0.15, 0.2) is 0 Å². The number of aromatic nitrogens is 1. The van der Waals surface area contributed by atoms with Crippen LogP contribution in [0.5, 0.6) is 5.75 Å². The summed E-state index contributed by atoms with van der Waals surface area (Å²) in [5, 5.41) is 32.3. The van der Waals surface area contributed by atoms with Crippen LogP contribution in [0, 0.1) is 6.92 Å². The molecule has 4 N–H and O–H groups in total. The predicted octanol–water partition coefficient (Wildman–Crippen LogP) is 0.983. The fraction of sp³-hybridized carbons (Fsp3) is 0.643. The summed E-state index contributed by atoms with van der Waals surface area (Å²) in [5.41, 5.74) is 1.62. The van der Waals surface area contributed by atoms with Gasteiger partial charge in [-0.25, -0.2) is 0 Å². The predicted molar refractivity (Wildman–Crippen MR) is 71.7 cm³/mol. The molecule has 106 valence electrons. The molecule has 1 saturated carbocycles. The van der Waals surface area contributed by atoms with E-state index >= 15 is 0 Å². The summed E-state index contributed by atoms with van der Waals surface area (Å²) in [4.78, 5) is 4.04. The smallest absolute Gasteiger partial charge is 0.141 e. The van der Waals surface area contributed by atoms with E-state index in [1.54, 1.807) is 13.1 Å². The number of rotatable bonds is 5. The van der Waals surface area contributed by atoms with Crippen molar-refractivity contribution in [2.24, 2.45) is 0 Å². The minimum atomic E-state index is -0.240. The molecule has 0 atom stereocenters. The second-order valence-corrected chi connectivity index (χ2v) is 5.35. The highest BCUT2D eigenvalue weighted by atomic mass is 16.3. The van der Waals surface area contributed by atoms with Gasteiger partial charge >= 0.3 is 0 Å². The summed E-state index contributed by atoms with van der Waals surface area (Å²) in [6, 6.07) is 0. The molecule has 0 aliphatic heterocycles. The minimum Gasteiger partial charge on any atom is -0.506 e. The zero-order valence-corrected chi connectivity index (χ0v) is 11.3. The highest BCUT2D eigenvalue weighted by molar-refractivity contribution is 5.40. The molecule has 1 fully saturated rings. The standard InChI is InChI=1S/C14H22N2O3/c1-10-13(19)12(11(8-17)6-15-10)7-16-14(9-18)4-2-3-5-14/h6,16-19H,2-5,7-9H2,1H3. The molecule has 1 aliphatic rings. The topological polar surface area (TPSA) is 85.6 Å². The molecular formula is C14H22N2O3. The number of pyridine rings is 1. The Balaban J connectivity index is 2.16.